The van der Waals surface area contributed by atoms with E-state index in [-0.39, 0.29) is 0 Å². The molecule has 1 fully saturated rings. The van der Waals surface area contributed by atoms with E-state index < -0.39 is 5.97 Å². The smallest absolute Gasteiger partial charge is 0.335 e. The molecule has 13 heavy (non-hydrogen) atoms. The average molecular weight is 197 g/mol. The van der Waals surface area contributed by atoms with Crippen molar-refractivity contribution in [3.63, 3.8) is 0 Å². The largest absolute Gasteiger partial charge is 0.478 e. The molecule has 0 unspecified atom stereocenters. The molecule has 1 aliphatic carbocycles. The van der Waals surface area contributed by atoms with Gasteiger partial charge in [0.1, 0.15) is 0 Å². The number of carboxylic acids is 1. The first-order valence-corrected chi connectivity index (χ1v) is 4.59. The lowest BCUT2D eigenvalue weighted by Crippen LogP contribution is -1.97. The zero-order valence-corrected chi connectivity index (χ0v) is 7.71. The number of carbonyl (C=O) groups is 1. The predicted molar refractivity (Wildman–Crippen MR) is 50.4 cm³/mol. The molecule has 68 valence electrons. The number of rotatable bonds is 2. The average Bonchev–Trinajstić information content (AvgIpc) is 2.87. The molecule has 0 atom stereocenters. The molecular formula is C10H9ClO2. The van der Waals surface area contributed by atoms with Crippen molar-refractivity contribution in [1.29, 1.82) is 0 Å². The molecule has 0 aliphatic heterocycles. The Morgan fingerprint density at radius 2 is 2.15 bits per heavy atom. The molecule has 3 heteroatoms. The van der Waals surface area contributed by atoms with Gasteiger partial charge < -0.3 is 5.11 Å². The van der Waals surface area contributed by atoms with Gasteiger partial charge in [-0.3, -0.25) is 0 Å². The van der Waals surface area contributed by atoms with Crippen molar-refractivity contribution < 1.29 is 9.90 Å². The van der Waals surface area contributed by atoms with E-state index in [2.05, 4.69) is 0 Å². The van der Waals surface area contributed by atoms with Crippen molar-refractivity contribution in [3.05, 3.63) is 34.3 Å². The Kier molecular flexibility index (Phi) is 2.00. The number of benzene rings is 1. The summed E-state index contributed by atoms with van der Waals surface area (Å²) in [4.78, 5) is 10.7. The van der Waals surface area contributed by atoms with E-state index in [0.29, 0.717) is 16.5 Å². The van der Waals surface area contributed by atoms with Gasteiger partial charge in [-0.1, -0.05) is 11.6 Å². The van der Waals surface area contributed by atoms with Gasteiger partial charge in [0.05, 0.1) is 5.56 Å². The lowest BCUT2D eigenvalue weighted by Gasteiger charge is -2.02. The molecule has 0 radical (unpaired) electrons. The third-order valence-corrected chi connectivity index (χ3v) is 2.60. The Morgan fingerprint density at radius 3 is 2.69 bits per heavy atom. The number of carboxylic acid groups (broad SMARTS) is 1. The number of halogens is 1. The van der Waals surface area contributed by atoms with Gasteiger partial charge >= 0.3 is 5.97 Å². The van der Waals surface area contributed by atoms with E-state index in [1.165, 1.54) is 6.07 Å². The minimum atomic E-state index is -0.890. The van der Waals surface area contributed by atoms with Gasteiger partial charge in [0.25, 0.3) is 0 Å². The number of hydrogen-bond acceptors (Lipinski definition) is 1. The highest BCUT2D eigenvalue weighted by Gasteiger charge is 2.26. The van der Waals surface area contributed by atoms with E-state index in [0.717, 1.165) is 18.4 Å². The quantitative estimate of drug-likeness (QED) is 0.790. The molecule has 2 nitrogen and oxygen atoms in total. The van der Waals surface area contributed by atoms with E-state index in [1.54, 1.807) is 12.1 Å². The molecule has 0 bridgehead atoms. The summed E-state index contributed by atoms with van der Waals surface area (Å²) in [6, 6.07) is 4.89. The van der Waals surface area contributed by atoms with Crippen molar-refractivity contribution in [3.8, 4) is 0 Å². The Bertz CT molecular complexity index is 356. The topological polar surface area (TPSA) is 37.3 Å². The van der Waals surface area contributed by atoms with Crippen molar-refractivity contribution >= 4 is 17.6 Å². The van der Waals surface area contributed by atoms with Crippen LogP contribution in [0.4, 0.5) is 0 Å². The van der Waals surface area contributed by atoms with Crippen LogP contribution in [0.25, 0.3) is 0 Å². The first-order valence-electron chi connectivity index (χ1n) is 4.21. The lowest BCUT2D eigenvalue weighted by molar-refractivity contribution is 0.0697. The molecule has 1 N–H and O–H groups in total. The Hall–Kier alpha value is -1.02. The van der Waals surface area contributed by atoms with Gasteiger partial charge in [0.2, 0.25) is 0 Å². The van der Waals surface area contributed by atoms with E-state index in [9.17, 15) is 4.79 Å². The van der Waals surface area contributed by atoms with Crippen LogP contribution in [-0.2, 0) is 0 Å². The zero-order chi connectivity index (χ0) is 9.42. The summed E-state index contributed by atoms with van der Waals surface area (Å²) in [5.74, 6) is -0.398. The van der Waals surface area contributed by atoms with Crippen LogP contribution in [0.1, 0.15) is 34.7 Å². The normalized spacial score (nSPS) is 15.8. The van der Waals surface area contributed by atoms with Crippen molar-refractivity contribution in [2.75, 3.05) is 0 Å². The Morgan fingerprint density at radius 1 is 1.46 bits per heavy atom. The SMILES string of the molecule is O=C(O)c1ccc(Cl)c(C2CC2)c1. The van der Waals surface area contributed by atoms with Crippen LogP contribution in [0.2, 0.25) is 5.02 Å². The second-order valence-corrected chi connectivity index (χ2v) is 3.72. The summed E-state index contributed by atoms with van der Waals surface area (Å²) < 4.78 is 0. The molecule has 2 rings (SSSR count). The van der Waals surface area contributed by atoms with Crippen LogP contribution in [0.5, 0.6) is 0 Å². The number of aromatic carboxylic acids is 1. The number of hydrogen-bond donors (Lipinski definition) is 1. The Labute approximate surface area is 81.1 Å². The third-order valence-electron chi connectivity index (χ3n) is 2.26. The maximum atomic E-state index is 10.7. The molecule has 0 saturated heterocycles. The van der Waals surface area contributed by atoms with Gasteiger partial charge in [0.15, 0.2) is 0 Å². The van der Waals surface area contributed by atoms with Crippen molar-refractivity contribution in [1.82, 2.24) is 0 Å². The summed E-state index contributed by atoms with van der Waals surface area (Å²) in [7, 11) is 0. The van der Waals surface area contributed by atoms with Crippen molar-refractivity contribution in [2.45, 2.75) is 18.8 Å². The first-order chi connectivity index (χ1) is 6.18. The minimum absolute atomic E-state index is 0.325. The standard InChI is InChI=1S/C10H9ClO2/c11-9-4-3-7(10(12)13)5-8(9)6-1-2-6/h3-6H,1-2H2,(H,12,13). The predicted octanol–water partition coefficient (Wildman–Crippen LogP) is 2.92. The molecule has 0 amide bonds. The van der Waals surface area contributed by atoms with Crippen LogP contribution in [0.15, 0.2) is 18.2 Å². The van der Waals surface area contributed by atoms with E-state index in [4.69, 9.17) is 16.7 Å². The van der Waals surface area contributed by atoms with Crippen LogP contribution < -0.4 is 0 Å². The molecule has 0 heterocycles. The van der Waals surface area contributed by atoms with Crippen LogP contribution in [0.3, 0.4) is 0 Å². The zero-order valence-electron chi connectivity index (χ0n) is 6.96. The molecule has 1 aromatic carbocycles. The summed E-state index contributed by atoms with van der Waals surface area (Å²) >= 11 is 5.94. The Balaban J connectivity index is 2.41. The monoisotopic (exact) mass is 196 g/mol. The molecule has 1 saturated carbocycles. The highest BCUT2D eigenvalue weighted by molar-refractivity contribution is 6.31. The highest BCUT2D eigenvalue weighted by Crippen LogP contribution is 2.43. The minimum Gasteiger partial charge on any atom is -0.478 e. The molecular weight excluding hydrogens is 188 g/mol. The summed E-state index contributed by atoms with van der Waals surface area (Å²) in [5.41, 5.74) is 1.31. The fraction of sp³-hybridized carbons (Fsp3) is 0.300. The lowest BCUT2D eigenvalue weighted by atomic mass is 10.1. The van der Waals surface area contributed by atoms with Gasteiger partial charge in [-0.2, -0.15) is 0 Å². The van der Waals surface area contributed by atoms with Gasteiger partial charge in [-0.05, 0) is 42.5 Å². The molecule has 0 aromatic heterocycles. The second kappa shape index (κ2) is 3.04. The fourth-order valence-electron chi connectivity index (χ4n) is 1.38. The van der Waals surface area contributed by atoms with Crippen molar-refractivity contribution in [2.24, 2.45) is 0 Å². The van der Waals surface area contributed by atoms with Crippen LogP contribution in [-0.4, -0.2) is 11.1 Å². The molecule has 1 aromatic rings. The first kappa shape index (κ1) is 8.57. The van der Waals surface area contributed by atoms with Gasteiger partial charge in [-0.15, -0.1) is 0 Å². The maximum Gasteiger partial charge on any atom is 0.335 e. The summed E-state index contributed by atoms with van der Waals surface area (Å²) in [5, 5.41) is 9.45. The highest BCUT2D eigenvalue weighted by atomic mass is 35.5. The second-order valence-electron chi connectivity index (χ2n) is 3.32. The maximum absolute atomic E-state index is 10.7. The van der Waals surface area contributed by atoms with Gasteiger partial charge in [-0.25, -0.2) is 4.79 Å². The van der Waals surface area contributed by atoms with E-state index >= 15 is 0 Å². The van der Waals surface area contributed by atoms with Crippen LogP contribution >= 0.6 is 11.6 Å². The fourth-order valence-corrected chi connectivity index (χ4v) is 1.66. The summed E-state index contributed by atoms with van der Waals surface area (Å²) in [6.45, 7) is 0. The van der Waals surface area contributed by atoms with Gasteiger partial charge in [0, 0.05) is 5.02 Å². The third kappa shape index (κ3) is 1.68. The van der Waals surface area contributed by atoms with E-state index in [1.807, 2.05) is 0 Å². The molecule has 1 aliphatic rings. The summed E-state index contributed by atoms with van der Waals surface area (Å²) in [6.07, 6.45) is 2.26. The molecule has 0 spiro atoms. The van der Waals surface area contributed by atoms with Crippen LogP contribution in [0, 0.1) is 0 Å².